The largest absolute Gasteiger partial charge is 0.308 e. The molecule has 0 N–H and O–H groups in total. The average Bonchev–Trinajstić information content (AvgIpc) is 1.62. The van der Waals surface area contributed by atoms with Crippen LogP contribution in [0.1, 0.15) is 16.7 Å². The molecule has 0 fully saturated rings. The Balaban J connectivity index is 1.00. The van der Waals surface area contributed by atoms with Crippen molar-refractivity contribution in [3.63, 3.8) is 0 Å². The fraction of sp³-hybridized carbons (Fsp3) is 0.0120. The maximum Gasteiger partial charge on any atom is 0.104 e. The van der Waals surface area contributed by atoms with Crippen molar-refractivity contribution in [1.29, 1.82) is 10.5 Å². The topological polar surface area (TPSA) is 109 Å². The summed E-state index contributed by atoms with van der Waals surface area (Å²) in [6.07, 6.45) is 7.50. The number of aryl methyl sites for hydroxylation is 1. The Morgan fingerprint density at radius 1 is 0.264 bits per heavy atom. The Morgan fingerprint density at radius 3 is 0.857 bits per heavy atom. The van der Waals surface area contributed by atoms with E-state index in [1.807, 2.05) is 117 Å². The number of nitriles is 2. The first kappa shape index (κ1) is 53.8. The molecule has 16 rings (SSSR count). The zero-order valence-corrected chi connectivity index (χ0v) is 49.4. The van der Waals surface area contributed by atoms with Crippen LogP contribution in [-0.2, 0) is 0 Å². The van der Waals surface area contributed by atoms with Gasteiger partial charge >= 0.3 is 0 Å². The van der Waals surface area contributed by atoms with Crippen molar-refractivity contribution in [2.75, 3.05) is 0 Å². The molecule has 0 saturated heterocycles. The number of rotatable bonds is 11. The van der Waals surface area contributed by atoms with E-state index in [0.29, 0.717) is 22.5 Å². The summed E-state index contributed by atoms with van der Waals surface area (Å²) in [6, 6.07) is 100. The summed E-state index contributed by atoms with van der Waals surface area (Å²) in [5.74, 6) is 0. The second kappa shape index (κ2) is 22.6. The standard InChI is InChI=1S/C83H52N8/c1-53-38-54(51-84)40-67(39-53)68-49-82(90-78-45-59(63-30-34-86-74(41-63)55-14-6-2-7-15-55)22-26-69(78)70-27-23-60(46-79(70)90)64-31-35-87-75(42-64)56-16-8-3-9-17-56)73(52-85)83(50-68)91-80-47-61(65-32-36-88-76(43-65)57-18-10-4-11-19-57)24-28-71(80)72-29-25-62(48-81(72)91)66-33-37-89-77(44-66)58-20-12-5-13-21-58/h2-50H,1H3. The van der Waals surface area contributed by atoms with E-state index in [1.165, 1.54) is 0 Å². The Labute approximate surface area is 525 Å². The summed E-state index contributed by atoms with van der Waals surface area (Å²) in [4.78, 5) is 19.3. The molecule has 0 aliphatic rings. The van der Waals surface area contributed by atoms with Crippen molar-refractivity contribution < 1.29 is 0 Å². The van der Waals surface area contributed by atoms with Gasteiger partial charge in [-0.3, -0.25) is 19.9 Å². The summed E-state index contributed by atoms with van der Waals surface area (Å²) in [5.41, 5.74) is 24.2. The number of hydrogen-bond donors (Lipinski definition) is 0. The van der Waals surface area contributed by atoms with Gasteiger partial charge in [0.05, 0.1) is 67.8 Å². The SMILES string of the molecule is Cc1cc(C#N)cc(-c2cc(-n3c4cc(-c5ccnc(-c6ccccc6)c5)ccc4c4ccc(-c5ccnc(-c6ccccc6)c5)cc43)c(C#N)c(-n3c4cc(-c5ccnc(-c6ccccc6)c5)ccc4c4ccc(-c5ccnc(-c6ccccc6)c5)cc43)c2)c1. The van der Waals surface area contributed by atoms with Crippen LogP contribution in [0.5, 0.6) is 0 Å². The van der Waals surface area contributed by atoms with E-state index >= 15 is 0 Å². The predicted octanol–water partition coefficient (Wildman–Crippen LogP) is 20.5. The van der Waals surface area contributed by atoms with Gasteiger partial charge in [-0.05, 0) is 165 Å². The summed E-state index contributed by atoms with van der Waals surface area (Å²) in [7, 11) is 0. The second-order valence-electron chi connectivity index (χ2n) is 23.0. The summed E-state index contributed by atoms with van der Waals surface area (Å²) in [5, 5.41) is 27.1. The van der Waals surface area contributed by atoms with Gasteiger partial charge in [0.25, 0.3) is 0 Å². The van der Waals surface area contributed by atoms with Gasteiger partial charge in [0.2, 0.25) is 0 Å². The lowest BCUT2D eigenvalue weighted by Gasteiger charge is -2.19. The number of nitrogens with zero attached hydrogens (tertiary/aromatic N) is 8. The zero-order valence-electron chi connectivity index (χ0n) is 49.4. The molecular weight excluding hydrogens is 1110 g/mol. The van der Waals surface area contributed by atoms with E-state index in [0.717, 1.165) is 150 Å². The van der Waals surface area contributed by atoms with Gasteiger partial charge < -0.3 is 9.13 Å². The van der Waals surface area contributed by atoms with Crippen LogP contribution in [0, 0.1) is 29.6 Å². The molecule has 6 aromatic heterocycles. The minimum Gasteiger partial charge on any atom is -0.308 e. The van der Waals surface area contributed by atoms with Crippen LogP contribution in [-0.4, -0.2) is 29.1 Å². The van der Waals surface area contributed by atoms with Gasteiger partial charge in [0.1, 0.15) is 11.6 Å². The minimum absolute atomic E-state index is 0.456. The number of benzene rings is 10. The van der Waals surface area contributed by atoms with Crippen LogP contribution in [0.3, 0.4) is 0 Å². The van der Waals surface area contributed by atoms with Crippen LogP contribution in [0.4, 0.5) is 0 Å². The third-order valence-electron chi connectivity index (χ3n) is 17.4. The molecule has 0 unspecified atom stereocenters. The zero-order chi connectivity index (χ0) is 60.9. The molecule has 0 amide bonds. The first-order chi connectivity index (χ1) is 44.9. The smallest absolute Gasteiger partial charge is 0.104 e. The highest BCUT2D eigenvalue weighted by atomic mass is 15.0. The number of fused-ring (bicyclic) bond motifs is 6. The molecule has 6 heterocycles. The van der Waals surface area contributed by atoms with Crippen molar-refractivity contribution in [2.24, 2.45) is 0 Å². The van der Waals surface area contributed by atoms with Gasteiger partial charge in [0, 0.05) is 68.6 Å². The molecule has 424 valence electrons. The molecule has 0 aliphatic carbocycles. The van der Waals surface area contributed by atoms with Gasteiger partial charge in [-0.2, -0.15) is 10.5 Å². The Hall–Kier alpha value is -12.6. The summed E-state index contributed by atoms with van der Waals surface area (Å²) < 4.78 is 4.58. The van der Waals surface area contributed by atoms with Crippen LogP contribution in [0.15, 0.2) is 298 Å². The quantitative estimate of drug-likeness (QED) is 0.128. The van der Waals surface area contributed by atoms with Gasteiger partial charge in [-0.25, -0.2) is 0 Å². The Bertz CT molecular complexity index is 5030. The van der Waals surface area contributed by atoms with E-state index in [2.05, 4.69) is 209 Å². The highest BCUT2D eigenvalue weighted by molar-refractivity contribution is 6.13. The lowest BCUT2D eigenvalue weighted by atomic mass is 9.97. The number of aromatic nitrogens is 6. The van der Waals surface area contributed by atoms with E-state index in [1.54, 1.807) is 0 Å². The number of hydrogen-bond acceptors (Lipinski definition) is 6. The lowest BCUT2D eigenvalue weighted by Crippen LogP contribution is -2.05. The molecular formula is C83H52N8. The molecule has 8 nitrogen and oxygen atoms in total. The molecule has 16 aromatic rings. The fourth-order valence-corrected chi connectivity index (χ4v) is 13.0. The third-order valence-corrected chi connectivity index (χ3v) is 17.4. The normalized spacial score (nSPS) is 11.3. The van der Waals surface area contributed by atoms with E-state index in [9.17, 15) is 10.5 Å². The van der Waals surface area contributed by atoms with E-state index < -0.39 is 0 Å². The maximum atomic E-state index is 12.4. The molecule has 8 heteroatoms. The summed E-state index contributed by atoms with van der Waals surface area (Å²) >= 11 is 0. The predicted molar refractivity (Wildman–Crippen MR) is 369 cm³/mol. The van der Waals surface area contributed by atoms with Crippen molar-refractivity contribution in [3.05, 3.63) is 314 Å². The van der Waals surface area contributed by atoms with Gasteiger partial charge in [-0.1, -0.05) is 176 Å². The molecule has 91 heavy (non-hydrogen) atoms. The molecule has 0 bridgehead atoms. The van der Waals surface area contributed by atoms with Crippen LogP contribution in [0.25, 0.3) is 156 Å². The van der Waals surface area contributed by atoms with Crippen molar-refractivity contribution in [3.8, 4) is 124 Å². The van der Waals surface area contributed by atoms with Crippen LogP contribution in [0.2, 0.25) is 0 Å². The highest BCUT2D eigenvalue weighted by Gasteiger charge is 2.25. The molecule has 10 aromatic carbocycles. The van der Waals surface area contributed by atoms with Gasteiger partial charge in [-0.15, -0.1) is 0 Å². The van der Waals surface area contributed by atoms with E-state index in [4.69, 9.17) is 19.9 Å². The number of pyridine rings is 4. The fourth-order valence-electron chi connectivity index (χ4n) is 13.0. The first-order valence-corrected chi connectivity index (χ1v) is 30.2. The van der Waals surface area contributed by atoms with Gasteiger partial charge in [0.15, 0.2) is 0 Å². The summed E-state index contributed by atoms with van der Waals surface area (Å²) in [6.45, 7) is 2.02. The van der Waals surface area contributed by atoms with E-state index in [-0.39, 0.29) is 0 Å². The maximum absolute atomic E-state index is 12.4. The third kappa shape index (κ3) is 9.84. The van der Waals surface area contributed by atoms with Crippen LogP contribution < -0.4 is 0 Å². The monoisotopic (exact) mass is 1160 g/mol. The Kier molecular flexibility index (Phi) is 13.4. The van der Waals surface area contributed by atoms with Crippen molar-refractivity contribution >= 4 is 43.6 Å². The molecule has 0 radical (unpaired) electrons. The minimum atomic E-state index is 0.456. The highest BCUT2D eigenvalue weighted by Crippen LogP contribution is 2.44. The van der Waals surface area contributed by atoms with Crippen LogP contribution >= 0.6 is 0 Å². The van der Waals surface area contributed by atoms with Crippen molar-refractivity contribution in [1.82, 2.24) is 29.1 Å². The second-order valence-corrected chi connectivity index (χ2v) is 23.0. The molecule has 0 saturated carbocycles. The molecule has 0 spiro atoms. The van der Waals surface area contributed by atoms with Crippen molar-refractivity contribution in [2.45, 2.75) is 6.92 Å². The first-order valence-electron chi connectivity index (χ1n) is 30.2. The Morgan fingerprint density at radius 2 is 0.560 bits per heavy atom. The molecule has 0 atom stereocenters. The average molecular weight is 1160 g/mol. The lowest BCUT2D eigenvalue weighted by molar-refractivity contribution is 1.12. The molecule has 0 aliphatic heterocycles.